The first kappa shape index (κ1) is 67.5. The van der Waals surface area contributed by atoms with Gasteiger partial charge in [-0.3, -0.25) is 18.6 Å². The van der Waals surface area contributed by atoms with Gasteiger partial charge in [-0.05, 0) is 102 Å². The van der Waals surface area contributed by atoms with E-state index in [1.165, 1.54) is 116 Å². The highest BCUT2D eigenvalue weighted by Gasteiger charge is 2.30. The number of likely N-dealkylation sites (N-methyl/N-ethyl adjacent to an activating group) is 1. The van der Waals surface area contributed by atoms with Crippen LogP contribution >= 0.6 is 7.82 Å². The van der Waals surface area contributed by atoms with Crippen molar-refractivity contribution in [3.63, 3.8) is 0 Å². The summed E-state index contributed by atoms with van der Waals surface area (Å²) in [5.41, 5.74) is 0. The highest BCUT2D eigenvalue weighted by molar-refractivity contribution is 7.47. The Balaban J connectivity index is 5.42. The lowest BCUT2D eigenvalue weighted by atomic mass is 10.1. The third kappa shape index (κ3) is 50.4. The first-order chi connectivity index (χ1) is 33.9. The van der Waals surface area contributed by atoms with E-state index in [1.54, 1.807) is 0 Å². The molecule has 0 fully saturated rings. The van der Waals surface area contributed by atoms with Crippen molar-refractivity contribution < 1.29 is 37.3 Å². The quantitative estimate of drug-likeness (QED) is 0.0205. The van der Waals surface area contributed by atoms with Crippen LogP contribution in [0.15, 0.2) is 72.9 Å². The van der Waals surface area contributed by atoms with Crippen LogP contribution in [0, 0.1) is 0 Å². The minimum atomic E-state index is -4.46. The number of quaternary nitrogens is 1. The Hall–Kier alpha value is -2.55. The molecule has 3 unspecified atom stereocenters. The molecule has 1 amide bonds. The van der Waals surface area contributed by atoms with E-state index >= 15 is 0 Å². The molecule has 0 aromatic heterocycles. The maximum Gasteiger partial charge on any atom is 0.472 e. The molecule has 10 heteroatoms. The van der Waals surface area contributed by atoms with E-state index in [1.807, 2.05) is 33.3 Å². The average Bonchev–Trinajstić information content (AvgIpc) is 3.32. The monoisotopic (exact) mass is 1000 g/mol. The fourth-order valence-corrected chi connectivity index (χ4v) is 8.59. The van der Waals surface area contributed by atoms with Gasteiger partial charge in [0.05, 0.1) is 33.8 Å². The second kappa shape index (κ2) is 50.0. The molecule has 0 aromatic carbocycles. The van der Waals surface area contributed by atoms with Crippen molar-refractivity contribution in [2.45, 2.75) is 258 Å². The molecule has 3 atom stereocenters. The summed E-state index contributed by atoms with van der Waals surface area (Å²) in [6, 6.07) is -0.870. The Bertz CT molecular complexity index is 1430. The fraction of sp³-hybridized carbons (Fsp3) is 0.767. The van der Waals surface area contributed by atoms with Gasteiger partial charge in [-0.25, -0.2) is 4.57 Å². The lowest BCUT2D eigenvalue weighted by Gasteiger charge is -2.27. The van der Waals surface area contributed by atoms with Crippen molar-refractivity contribution in [1.82, 2.24) is 5.32 Å². The Morgan fingerprint density at radius 3 is 1.34 bits per heavy atom. The van der Waals surface area contributed by atoms with Crippen LogP contribution in [0.5, 0.6) is 0 Å². The molecule has 0 aliphatic heterocycles. The summed E-state index contributed by atoms with van der Waals surface area (Å²) in [6.07, 6.45) is 63.2. The van der Waals surface area contributed by atoms with Crippen molar-refractivity contribution in [3.8, 4) is 0 Å². The molecule has 0 saturated carbocycles. The second-order valence-electron chi connectivity index (χ2n) is 20.5. The lowest BCUT2D eigenvalue weighted by molar-refractivity contribution is -0.870. The number of ether oxygens (including phenoxy) is 1. The number of nitrogens with one attached hydrogen (secondary N) is 1. The van der Waals surface area contributed by atoms with E-state index < -0.39 is 20.0 Å². The zero-order chi connectivity index (χ0) is 51.5. The zero-order valence-electron chi connectivity index (χ0n) is 46.2. The van der Waals surface area contributed by atoms with Crippen LogP contribution < -0.4 is 5.32 Å². The highest BCUT2D eigenvalue weighted by Crippen LogP contribution is 2.43. The zero-order valence-corrected chi connectivity index (χ0v) is 47.1. The van der Waals surface area contributed by atoms with Gasteiger partial charge in [-0.2, -0.15) is 0 Å². The van der Waals surface area contributed by atoms with Gasteiger partial charge in [0, 0.05) is 12.8 Å². The number of hydrogen-bond acceptors (Lipinski definition) is 6. The van der Waals surface area contributed by atoms with Gasteiger partial charge in [0.25, 0.3) is 0 Å². The van der Waals surface area contributed by atoms with Gasteiger partial charge in [0.2, 0.25) is 5.91 Å². The van der Waals surface area contributed by atoms with Gasteiger partial charge < -0.3 is 19.4 Å². The Labute approximate surface area is 432 Å². The van der Waals surface area contributed by atoms with Gasteiger partial charge >= 0.3 is 13.8 Å². The van der Waals surface area contributed by atoms with Crippen LogP contribution in [0.2, 0.25) is 0 Å². The van der Waals surface area contributed by atoms with Crippen molar-refractivity contribution in [2.75, 3.05) is 40.9 Å². The molecule has 0 rings (SSSR count). The van der Waals surface area contributed by atoms with Gasteiger partial charge in [0.1, 0.15) is 19.3 Å². The van der Waals surface area contributed by atoms with E-state index in [-0.39, 0.29) is 31.5 Å². The number of carbonyl (C=O) groups is 2. The molecule has 406 valence electrons. The standard InChI is InChI=1S/C60H109N2O7P/c1-7-10-13-16-19-22-25-28-29-30-31-32-33-35-38-41-44-47-50-53-60(64)69-58(51-48-45-42-39-36-27-24-21-18-15-12-9-3)57(56-68-70(65,66)67-55-54-62(4,5)6)61-59(63)52-49-46-43-40-37-34-26-23-20-17-14-11-8-2/h19,22,28-29,31-32,34-35,37-38,48,51,57-58H,7-18,20-21,23-27,30,33,36,39-47,49-50,52-56H2,1-6H3,(H-,61,63,65,66)/p+1/b22-19-,29-28-,32-31-,37-34-,38-35-,51-48-. The van der Waals surface area contributed by atoms with Crippen LogP contribution in [-0.4, -0.2) is 74.3 Å². The maximum absolute atomic E-state index is 13.5. The van der Waals surface area contributed by atoms with Gasteiger partial charge in [-0.1, -0.05) is 203 Å². The van der Waals surface area contributed by atoms with E-state index in [9.17, 15) is 19.0 Å². The van der Waals surface area contributed by atoms with Crippen molar-refractivity contribution in [2.24, 2.45) is 0 Å². The third-order valence-corrected chi connectivity index (χ3v) is 13.4. The maximum atomic E-state index is 13.5. The van der Waals surface area contributed by atoms with E-state index in [4.69, 9.17) is 13.8 Å². The predicted molar refractivity (Wildman–Crippen MR) is 300 cm³/mol. The highest BCUT2D eigenvalue weighted by atomic mass is 31.2. The summed E-state index contributed by atoms with van der Waals surface area (Å²) in [6.45, 7) is 6.93. The summed E-state index contributed by atoms with van der Waals surface area (Å²) in [7, 11) is 1.46. The van der Waals surface area contributed by atoms with Crippen molar-refractivity contribution in [3.05, 3.63) is 72.9 Å². The fourth-order valence-electron chi connectivity index (χ4n) is 7.86. The number of rotatable bonds is 51. The first-order valence-electron chi connectivity index (χ1n) is 28.8. The molecule has 9 nitrogen and oxygen atoms in total. The summed E-state index contributed by atoms with van der Waals surface area (Å²) in [4.78, 5) is 37.5. The number of phosphoric acid groups is 1. The number of nitrogens with zero attached hydrogens (tertiary/aromatic N) is 1. The minimum Gasteiger partial charge on any atom is -0.456 e. The smallest absolute Gasteiger partial charge is 0.456 e. The van der Waals surface area contributed by atoms with Gasteiger partial charge in [-0.15, -0.1) is 0 Å². The number of phosphoric ester groups is 1. The summed E-state index contributed by atoms with van der Waals surface area (Å²) in [5.74, 6) is -0.562. The molecular weight excluding hydrogens is 892 g/mol. The third-order valence-electron chi connectivity index (χ3n) is 12.4. The van der Waals surface area contributed by atoms with E-state index in [0.29, 0.717) is 23.9 Å². The van der Waals surface area contributed by atoms with Crippen LogP contribution in [-0.2, 0) is 27.9 Å². The van der Waals surface area contributed by atoms with Crippen LogP contribution in [0.1, 0.15) is 245 Å². The molecular formula is C60H110N2O7P+. The number of amides is 1. The SMILES string of the molecule is CCCCC/C=C\C/C=C\C/C=C\C/C=C\CCCCCC(=O)OC(/C=C\CCCCCCCCCCCC)C(COP(=O)(O)OCC[N+](C)(C)C)NC(=O)CCCCC/C=C\CCCCCCCC. The molecule has 2 N–H and O–H groups in total. The normalized spacial score (nSPS) is 14.3. The number of carbonyl (C=O) groups excluding carboxylic acids is 2. The van der Waals surface area contributed by atoms with Crippen molar-refractivity contribution >= 4 is 19.7 Å². The van der Waals surface area contributed by atoms with Crippen LogP contribution in [0.4, 0.5) is 0 Å². The van der Waals surface area contributed by atoms with Gasteiger partial charge in [0.15, 0.2) is 0 Å². The molecule has 0 spiro atoms. The molecule has 0 radical (unpaired) electrons. The van der Waals surface area contributed by atoms with E-state index in [0.717, 1.165) is 89.9 Å². The topological polar surface area (TPSA) is 111 Å². The first-order valence-corrected chi connectivity index (χ1v) is 30.3. The Morgan fingerprint density at radius 1 is 0.500 bits per heavy atom. The molecule has 0 aromatic rings. The largest absolute Gasteiger partial charge is 0.472 e. The molecule has 0 aliphatic carbocycles. The average molecular weight is 1000 g/mol. The predicted octanol–water partition coefficient (Wildman–Crippen LogP) is 17.3. The second-order valence-corrected chi connectivity index (χ2v) is 21.9. The minimum absolute atomic E-state index is 0.0299. The number of unbranched alkanes of at least 4 members (excludes halogenated alkanes) is 25. The van der Waals surface area contributed by atoms with Crippen molar-refractivity contribution in [1.29, 1.82) is 0 Å². The molecule has 0 saturated heterocycles. The summed E-state index contributed by atoms with van der Waals surface area (Å²) < 4.78 is 30.6. The molecule has 0 heterocycles. The Kier molecular flexibility index (Phi) is 48.2. The van der Waals surface area contributed by atoms with Crippen LogP contribution in [0.25, 0.3) is 0 Å². The van der Waals surface area contributed by atoms with Crippen LogP contribution in [0.3, 0.4) is 0 Å². The molecule has 0 bridgehead atoms. The number of hydrogen-bond donors (Lipinski definition) is 2. The summed E-state index contributed by atoms with van der Waals surface area (Å²) >= 11 is 0. The Morgan fingerprint density at radius 2 is 0.871 bits per heavy atom. The number of allylic oxidation sites excluding steroid dienone is 11. The lowest BCUT2D eigenvalue weighted by Crippen LogP contribution is -2.47. The molecule has 0 aliphatic rings. The summed E-state index contributed by atoms with van der Waals surface area (Å²) in [5, 5.41) is 3.03. The van der Waals surface area contributed by atoms with E-state index in [2.05, 4.69) is 86.8 Å². The number of esters is 1. The molecule has 70 heavy (non-hydrogen) atoms.